The number of nitrogens with two attached hydrogens (primary N) is 2. The number of carbonyl (C=O) groups excluding carboxylic acids is 22. The van der Waals surface area contributed by atoms with Crippen LogP contribution >= 0.6 is 0 Å². The zero-order valence-corrected chi connectivity index (χ0v) is 84.6. The summed E-state index contributed by atoms with van der Waals surface area (Å²) in [6.07, 6.45) is -1.51. The van der Waals surface area contributed by atoms with E-state index in [0.717, 1.165) is 5.56 Å². The lowest BCUT2D eigenvalue weighted by Gasteiger charge is -2.35. The fourth-order valence-corrected chi connectivity index (χ4v) is 14.8. The van der Waals surface area contributed by atoms with Crippen LogP contribution in [0.5, 0.6) is 0 Å². The topological polar surface area (TPSA) is 708 Å². The van der Waals surface area contributed by atoms with Crippen molar-refractivity contribution in [2.75, 3.05) is 26.2 Å². The number of rotatable bonds is 53. The summed E-state index contributed by atoms with van der Waals surface area (Å²) in [5.74, 6) is -21.7. The third-order valence-electron chi connectivity index (χ3n) is 23.4. The van der Waals surface area contributed by atoms with Gasteiger partial charge in [-0.1, -0.05) is 71.9 Å². The number of hydrogen-bond acceptors (Lipinski definition) is 24. The second-order valence-corrected chi connectivity index (χ2v) is 40.6. The van der Waals surface area contributed by atoms with Crippen molar-refractivity contribution in [2.45, 2.75) is 361 Å². The van der Waals surface area contributed by atoms with Gasteiger partial charge in [-0.25, -0.2) is 0 Å². The largest absolute Gasteiger partial charge is 0.481 e. The molecule has 2 heterocycles. The molecule has 0 bridgehead atoms. The highest BCUT2D eigenvalue weighted by atomic mass is 16.4. The molecule has 2 aliphatic rings. The van der Waals surface area contributed by atoms with E-state index < -0.39 is 304 Å². The molecule has 2 fully saturated rings. The van der Waals surface area contributed by atoms with Crippen molar-refractivity contribution in [3.05, 3.63) is 35.9 Å². The summed E-state index contributed by atoms with van der Waals surface area (Å²) in [6, 6.07) is -5.83. The molecule has 0 spiro atoms. The van der Waals surface area contributed by atoms with Gasteiger partial charge in [0, 0.05) is 39.3 Å². The average molecular weight is 1960 g/mol. The standard InChI is InChI=1S/C92H150N22O25/c1-47(2)43-58(72(127)108-91(23,24)84(139)113-41-29-33-59(113)73(128)103-65(48(3)4)75(130)111-88(17,18)80(135)97-51(8)68(123)102-57(36-38-64(120)121)71(126)112-92(25,40-39-62(94)118)82(137)99-55(46-115)44-54-31-27-26-28-32-54)100-63(119)45-95-77(132)85(11,12)110-76(131)66(49(5)6)104-81(136)89(19,20)107-70(125)56(35-37-61(93)117)101-67(122)50(7)96-78(133)86(13,14)106-69(124)52(9)98-79(134)87(15,16)109-74(129)60-34-30-42-114(60)83(138)90(21,22)105-53(10)116/h26-28,31-32,47-52,55-60,65-66,115H,29-30,33-46H2,1-25H3,(H2,93,117)(H2,94,118)(H,95,132)(H,96,133)(H,97,135)(H,98,134)(H,99,137)(H,100,119)(H,101,122)(H,102,123)(H,103,128)(H,104,136)(H,105,116)(H,106,124)(H,107,125)(H,108,127)(H,109,129)(H,110,131)(H,111,130)(H,112,126)(H,120,121)/t50-,51-,52-,55-,56-,57-,58+,59-,60-,65-,66-,92-/m0/s1. The van der Waals surface area contributed by atoms with Gasteiger partial charge in [0.1, 0.15) is 105 Å². The zero-order valence-electron chi connectivity index (χ0n) is 84.6. The number of benzene rings is 1. The molecule has 0 aliphatic carbocycles. The second kappa shape index (κ2) is 51.1. The summed E-state index contributed by atoms with van der Waals surface area (Å²) in [5, 5.41) is 65.5. The molecule has 0 saturated carbocycles. The van der Waals surface area contributed by atoms with Crippen molar-refractivity contribution in [1.29, 1.82) is 0 Å². The third kappa shape index (κ3) is 37.0. The van der Waals surface area contributed by atoms with Gasteiger partial charge in [0.25, 0.3) is 0 Å². The number of amides is 22. The van der Waals surface area contributed by atoms with Crippen molar-refractivity contribution in [2.24, 2.45) is 29.2 Å². The van der Waals surface area contributed by atoms with Crippen LogP contribution in [0, 0.1) is 17.8 Å². The van der Waals surface area contributed by atoms with Gasteiger partial charge < -0.3 is 127 Å². The number of nitrogens with zero attached hydrogens (tertiary/aromatic N) is 2. The maximum Gasteiger partial charge on any atom is 0.303 e. The van der Waals surface area contributed by atoms with Gasteiger partial charge in [-0.3, -0.25) is 110 Å². The Morgan fingerprint density at radius 3 is 1.21 bits per heavy atom. The smallest absolute Gasteiger partial charge is 0.303 e. The Labute approximate surface area is 810 Å². The van der Waals surface area contributed by atoms with E-state index in [2.05, 4.69) is 95.7 Å². The van der Waals surface area contributed by atoms with Crippen LogP contribution in [0.15, 0.2) is 30.3 Å². The maximum absolute atomic E-state index is 14.6. The van der Waals surface area contributed by atoms with Crippen molar-refractivity contribution < 1.29 is 120 Å². The Hall–Kier alpha value is -13.0. The molecule has 1 aromatic rings. The molecule has 47 heteroatoms. The quantitative estimate of drug-likeness (QED) is 0.0293. The minimum atomic E-state index is -1.92. The number of carbonyl (C=O) groups is 23. The highest BCUT2D eigenvalue weighted by Gasteiger charge is 2.49. The van der Waals surface area contributed by atoms with E-state index in [0.29, 0.717) is 12.8 Å². The van der Waals surface area contributed by atoms with Crippen LogP contribution in [0.3, 0.4) is 0 Å². The van der Waals surface area contributed by atoms with Crippen molar-refractivity contribution in [1.82, 2.24) is 106 Å². The Balaban J connectivity index is 1.65. The van der Waals surface area contributed by atoms with Gasteiger partial charge in [0.05, 0.1) is 19.2 Å². The molecule has 12 atom stereocenters. The molecule has 22 amide bonds. The minimum Gasteiger partial charge on any atom is -0.481 e. The lowest BCUT2D eigenvalue weighted by molar-refractivity contribution is -0.146. The Kier molecular flexibility index (Phi) is 44.1. The van der Waals surface area contributed by atoms with E-state index in [9.17, 15) is 120 Å². The van der Waals surface area contributed by atoms with E-state index in [4.69, 9.17) is 11.5 Å². The zero-order chi connectivity index (χ0) is 107. The van der Waals surface area contributed by atoms with Crippen LogP contribution in [0.4, 0.5) is 0 Å². The molecule has 2 saturated heterocycles. The molecule has 24 N–H and O–H groups in total. The molecule has 3 rings (SSSR count). The molecule has 1 aromatic carbocycles. The van der Waals surface area contributed by atoms with Crippen LogP contribution in [0.2, 0.25) is 0 Å². The third-order valence-corrected chi connectivity index (χ3v) is 23.4. The number of nitrogens with one attached hydrogen (secondary N) is 18. The molecule has 139 heavy (non-hydrogen) atoms. The fourth-order valence-electron chi connectivity index (χ4n) is 14.8. The van der Waals surface area contributed by atoms with Gasteiger partial charge in [0.15, 0.2) is 0 Å². The van der Waals surface area contributed by atoms with Gasteiger partial charge >= 0.3 is 5.97 Å². The van der Waals surface area contributed by atoms with Crippen LogP contribution in [0.1, 0.15) is 249 Å². The predicted octanol–water partition coefficient (Wildman–Crippen LogP) is -4.35. The lowest BCUT2D eigenvalue weighted by atomic mass is 9.92. The summed E-state index contributed by atoms with van der Waals surface area (Å²) in [4.78, 5) is 315. The first kappa shape index (κ1) is 120. The number of carboxylic acids is 1. The van der Waals surface area contributed by atoms with E-state index in [-0.39, 0.29) is 51.1 Å². The van der Waals surface area contributed by atoms with Crippen LogP contribution in [0.25, 0.3) is 0 Å². The van der Waals surface area contributed by atoms with E-state index in [1.54, 1.807) is 71.9 Å². The van der Waals surface area contributed by atoms with Gasteiger partial charge in [-0.05, 0) is 206 Å². The van der Waals surface area contributed by atoms with E-state index in [1.807, 2.05) is 0 Å². The first-order chi connectivity index (χ1) is 63.8. The van der Waals surface area contributed by atoms with Gasteiger partial charge in [0.2, 0.25) is 130 Å². The van der Waals surface area contributed by atoms with Crippen LogP contribution < -0.4 is 107 Å². The van der Waals surface area contributed by atoms with Gasteiger partial charge in [-0.15, -0.1) is 0 Å². The number of hydrogen-bond donors (Lipinski definition) is 22. The van der Waals surface area contributed by atoms with Crippen molar-refractivity contribution >= 4 is 136 Å². The monoisotopic (exact) mass is 1960 g/mol. The van der Waals surface area contributed by atoms with Crippen LogP contribution in [-0.4, -0.2) is 293 Å². The van der Waals surface area contributed by atoms with E-state index in [1.165, 1.54) is 141 Å². The number of primary amides is 2. The Morgan fingerprint density at radius 1 is 0.396 bits per heavy atom. The molecule has 0 aromatic heterocycles. The number of aliphatic hydroxyl groups excluding tert-OH is 1. The van der Waals surface area contributed by atoms with Gasteiger partial charge in [-0.2, -0.15) is 0 Å². The number of aliphatic hydroxyl groups is 1. The molecular formula is C92H150N22O25. The second-order valence-electron chi connectivity index (χ2n) is 40.6. The normalized spacial score (nSPS) is 16.5. The molecule has 47 nitrogen and oxygen atoms in total. The Bertz CT molecular complexity index is 4700. The maximum atomic E-state index is 14.6. The molecule has 0 unspecified atom stereocenters. The summed E-state index contributed by atoms with van der Waals surface area (Å²) in [6.45, 7) is 33.8. The summed E-state index contributed by atoms with van der Waals surface area (Å²) >= 11 is 0. The molecular weight excluding hydrogens is 1810 g/mol. The Morgan fingerprint density at radius 2 is 0.777 bits per heavy atom. The molecule has 2 aliphatic heterocycles. The van der Waals surface area contributed by atoms with Crippen molar-refractivity contribution in [3.8, 4) is 0 Å². The highest BCUT2D eigenvalue weighted by molar-refractivity contribution is 6.04. The number of carboxylic acid groups (broad SMARTS) is 1. The number of likely N-dealkylation sites (tertiary alicyclic amines) is 2. The highest BCUT2D eigenvalue weighted by Crippen LogP contribution is 2.27. The number of aliphatic carboxylic acids is 1. The minimum absolute atomic E-state index is 0.00425. The van der Waals surface area contributed by atoms with Crippen molar-refractivity contribution in [3.63, 3.8) is 0 Å². The summed E-state index contributed by atoms with van der Waals surface area (Å²) in [7, 11) is 0. The van der Waals surface area contributed by atoms with Crippen LogP contribution in [-0.2, 0) is 117 Å². The molecule has 0 radical (unpaired) electrons. The molecule has 778 valence electrons. The predicted molar refractivity (Wildman–Crippen MR) is 505 cm³/mol. The first-order valence-corrected chi connectivity index (χ1v) is 46.4. The summed E-state index contributed by atoms with van der Waals surface area (Å²) in [5.41, 5.74) is -2.43. The lowest BCUT2D eigenvalue weighted by Crippen LogP contribution is -2.65. The average Bonchev–Trinajstić information content (AvgIpc) is 1.67. The first-order valence-electron chi connectivity index (χ1n) is 46.4. The fraction of sp³-hybridized carbons (Fsp3) is 0.685. The van der Waals surface area contributed by atoms with E-state index >= 15 is 0 Å². The summed E-state index contributed by atoms with van der Waals surface area (Å²) < 4.78 is 0. The SMILES string of the molecule is CC(=O)NC(C)(C)C(=O)N1CCC[C@H]1C(=O)NC(C)(C)C(=O)N[C@@H](C)C(=O)NC(C)(C)C(=O)N[C@@H](C)C(=O)N[C@@H](CCC(N)=O)C(=O)NC(C)(C)C(=O)N[C@H](C(=O)NC(C)(C)C(=O)NCC(=O)N[C@H](CC(C)C)C(=O)NC(C)(C)C(=O)N1CCC[C@H]1C(=O)N[C@H](C(=O)NC(C)(C)C(=O)N[C@@H](C)C(=O)N[C@@H](CCC(=O)O)C(=O)N[C@@](C)(CCC(N)=O)C(=O)N[C@H](CO)Cc1ccccc1)C(C)C)C(C)C.